The molecule has 1 N–H and O–H groups in total. The third-order valence-electron chi connectivity index (χ3n) is 1.29. The minimum absolute atomic E-state index is 0.105. The number of halogens is 2. The predicted octanol–water partition coefficient (Wildman–Crippen LogP) is 1.80. The van der Waals surface area contributed by atoms with Gasteiger partial charge in [0.2, 0.25) is 0 Å². The fourth-order valence-electron chi connectivity index (χ4n) is 0.808. The Balaban J connectivity index is 3.02. The van der Waals surface area contributed by atoms with Gasteiger partial charge in [-0.15, -0.1) is 0 Å². The van der Waals surface area contributed by atoms with E-state index in [1.807, 2.05) is 5.32 Å². The first kappa shape index (κ1) is 9.68. The molecule has 0 aliphatic rings. The number of amides is 1. The molecule has 0 radical (unpaired) electrons. The molecule has 1 rings (SSSR count). The second-order valence-corrected chi connectivity index (χ2v) is 3.14. The van der Waals surface area contributed by atoms with Crippen LogP contribution in [0.25, 0.3) is 0 Å². The van der Waals surface area contributed by atoms with E-state index in [0.29, 0.717) is 4.47 Å². The molecule has 5 heteroatoms. The van der Waals surface area contributed by atoms with Gasteiger partial charge in [-0.25, -0.2) is 4.39 Å². The molecule has 0 heterocycles. The molecule has 3 nitrogen and oxygen atoms in total. The van der Waals surface area contributed by atoms with Gasteiger partial charge in [0, 0.05) is 10.0 Å². The van der Waals surface area contributed by atoms with Gasteiger partial charge in [-0.2, -0.15) is 5.26 Å². The van der Waals surface area contributed by atoms with Gasteiger partial charge in [0.1, 0.15) is 5.82 Å². The fraction of sp³-hybridized carbons (Fsp3) is 0. The first-order chi connectivity index (χ1) is 6.13. The number of carbonyl (C=O) groups excluding carboxylic acids is 1. The summed E-state index contributed by atoms with van der Waals surface area (Å²) in [5.41, 5.74) is 0.105. The van der Waals surface area contributed by atoms with E-state index < -0.39 is 11.7 Å². The average Bonchev–Trinajstić information content (AvgIpc) is 2.03. The summed E-state index contributed by atoms with van der Waals surface area (Å²) in [6.45, 7) is 0. The van der Waals surface area contributed by atoms with Crippen molar-refractivity contribution in [2.75, 3.05) is 0 Å². The molecule has 0 atom stereocenters. The first-order valence-corrected chi connectivity index (χ1v) is 4.08. The van der Waals surface area contributed by atoms with Crippen molar-refractivity contribution in [1.82, 2.24) is 5.32 Å². The van der Waals surface area contributed by atoms with Crippen LogP contribution in [0.15, 0.2) is 22.7 Å². The fourth-order valence-corrected chi connectivity index (χ4v) is 1.27. The van der Waals surface area contributed by atoms with Crippen LogP contribution in [0.5, 0.6) is 0 Å². The van der Waals surface area contributed by atoms with Crippen molar-refractivity contribution in [1.29, 1.82) is 5.26 Å². The number of carbonyl (C=O) groups is 1. The molecule has 66 valence electrons. The number of nitriles is 1. The first-order valence-electron chi connectivity index (χ1n) is 3.29. The van der Waals surface area contributed by atoms with Crippen molar-refractivity contribution >= 4 is 21.8 Å². The van der Waals surface area contributed by atoms with E-state index in [1.165, 1.54) is 18.3 Å². The molecule has 0 aliphatic heterocycles. The van der Waals surface area contributed by atoms with Gasteiger partial charge in [0.15, 0.2) is 6.19 Å². The minimum Gasteiger partial charge on any atom is -0.268 e. The maximum absolute atomic E-state index is 12.7. The molecule has 0 aromatic heterocycles. The number of hydrogen-bond donors (Lipinski definition) is 1. The van der Waals surface area contributed by atoms with Gasteiger partial charge >= 0.3 is 0 Å². The molecule has 1 aromatic carbocycles. The Morgan fingerprint density at radius 2 is 2.23 bits per heavy atom. The summed E-state index contributed by atoms with van der Waals surface area (Å²) in [6, 6.07) is 3.70. The van der Waals surface area contributed by atoms with Gasteiger partial charge < -0.3 is 0 Å². The van der Waals surface area contributed by atoms with Crippen LogP contribution in [-0.4, -0.2) is 5.91 Å². The number of nitrogens with zero attached hydrogens (tertiary/aromatic N) is 1. The van der Waals surface area contributed by atoms with E-state index in [0.717, 1.165) is 6.07 Å². The minimum atomic E-state index is -0.622. The standard InChI is InChI=1S/C8H4BrFN2O/c9-6-1-5(2-7(10)3-6)8(13)12-4-11/h1-3H,(H,12,13). The zero-order valence-electron chi connectivity index (χ0n) is 6.34. The lowest BCUT2D eigenvalue weighted by Crippen LogP contribution is -2.17. The molecular weight excluding hydrogens is 239 g/mol. The number of nitrogens with one attached hydrogen (secondary N) is 1. The van der Waals surface area contributed by atoms with Crippen molar-refractivity contribution < 1.29 is 9.18 Å². The topological polar surface area (TPSA) is 52.9 Å². The van der Waals surface area contributed by atoms with Crippen LogP contribution in [-0.2, 0) is 0 Å². The lowest BCUT2D eigenvalue weighted by atomic mass is 10.2. The maximum atomic E-state index is 12.7. The summed E-state index contributed by atoms with van der Waals surface area (Å²) in [4.78, 5) is 11.0. The Bertz CT molecular complexity index is 366. The summed E-state index contributed by atoms with van der Waals surface area (Å²) in [5, 5.41) is 10.0. The van der Waals surface area contributed by atoms with Crippen LogP contribution in [0.1, 0.15) is 10.4 Å². The molecule has 0 bridgehead atoms. The second-order valence-electron chi connectivity index (χ2n) is 2.22. The van der Waals surface area contributed by atoms with Crippen LogP contribution in [0.3, 0.4) is 0 Å². The van der Waals surface area contributed by atoms with Crippen molar-refractivity contribution in [2.24, 2.45) is 0 Å². The largest absolute Gasteiger partial charge is 0.268 e. The molecule has 13 heavy (non-hydrogen) atoms. The second kappa shape index (κ2) is 4.01. The highest BCUT2D eigenvalue weighted by atomic mass is 79.9. The Morgan fingerprint density at radius 3 is 2.77 bits per heavy atom. The number of rotatable bonds is 1. The van der Waals surface area contributed by atoms with Crippen LogP contribution in [0.2, 0.25) is 0 Å². The smallest absolute Gasteiger partial charge is 0.264 e. The highest BCUT2D eigenvalue weighted by molar-refractivity contribution is 9.10. The van der Waals surface area contributed by atoms with Gasteiger partial charge in [-0.3, -0.25) is 10.1 Å². The zero-order chi connectivity index (χ0) is 9.84. The maximum Gasteiger partial charge on any atom is 0.264 e. The average molecular weight is 243 g/mol. The molecular formula is C8H4BrFN2O. The molecule has 0 saturated heterocycles. The van der Waals surface area contributed by atoms with Crippen molar-refractivity contribution in [3.05, 3.63) is 34.1 Å². The summed E-state index contributed by atoms with van der Waals surface area (Å²) in [5.74, 6) is -1.15. The predicted molar refractivity (Wildman–Crippen MR) is 47.2 cm³/mol. The molecule has 0 spiro atoms. The number of hydrogen-bond acceptors (Lipinski definition) is 2. The van der Waals surface area contributed by atoms with Crippen molar-refractivity contribution in [3.8, 4) is 6.19 Å². The van der Waals surface area contributed by atoms with Crippen LogP contribution >= 0.6 is 15.9 Å². The van der Waals surface area contributed by atoms with Crippen LogP contribution in [0, 0.1) is 17.3 Å². The summed E-state index contributed by atoms with van der Waals surface area (Å²) >= 11 is 3.03. The summed E-state index contributed by atoms with van der Waals surface area (Å²) in [6.07, 6.45) is 1.47. The van der Waals surface area contributed by atoms with E-state index in [9.17, 15) is 9.18 Å². The van der Waals surface area contributed by atoms with Crippen molar-refractivity contribution in [3.63, 3.8) is 0 Å². The third-order valence-corrected chi connectivity index (χ3v) is 1.75. The third kappa shape index (κ3) is 2.53. The van der Waals surface area contributed by atoms with E-state index in [4.69, 9.17) is 5.26 Å². The zero-order valence-corrected chi connectivity index (χ0v) is 7.93. The lowest BCUT2D eigenvalue weighted by molar-refractivity contribution is 0.0972. The molecule has 0 unspecified atom stereocenters. The number of benzene rings is 1. The highest BCUT2D eigenvalue weighted by Crippen LogP contribution is 2.14. The van der Waals surface area contributed by atoms with E-state index in [2.05, 4.69) is 15.9 Å². The quantitative estimate of drug-likeness (QED) is 0.603. The van der Waals surface area contributed by atoms with Gasteiger partial charge in [-0.1, -0.05) is 15.9 Å². The monoisotopic (exact) mass is 242 g/mol. The molecule has 0 saturated carbocycles. The Labute approximate surface area is 82.3 Å². The van der Waals surface area contributed by atoms with E-state index in [-0.39, 0.29) is 5.56 Å². The van der Waals surface area contributed by atoms with Crippen LogP contribution < -0.4 is 5.32 Å². The SMILES string of the molecule is N#CNC(=O)c1cc(F)cc(Br)c1. The van der Waals surface area contributed by atoms with Crippen molar-refractivity contribution in [2.45, 2.75) is 0 Å². The Kier molecular flexibility index (Phi) is 2.98. The van der Waals surface area contributed by atoms with E-state index in [1.54, 1.807) is 0 Å². The van der Waals surface area contributed by atoms with Gasteiger partial charge in [-0.05, 0) is 18.2 Å². The Morgan fingerprint density at radius 1 is 1.54 bits per heavy atom. The molecule has 1 aromatic rings. The Hall–Kier alpha value is -1.41. The lowest BCUT2D eigenvalue weighted by Gasteiger charge is -1.98. The molecule has 0 aliphatic carbocycles. The summed E-state index contributed by atoms with van der Waals surface area (Å²) < 4.78 is 13.2. The van der Waals surface area contributed by atoms with Crippen LogP contribution in [0.4, 0.5) is 4.39 Å². The van der Waals surface area contributed by atoms with Gasteiger partial charge in [0.05, 0.1) is 0 Å². The molecule has 0 fully saturated rings. The normalized spacial score (nSPS) is 9.00. The van der Waals surface area contributed by atoms with Gasteiger partial charge in [0.25, 0.3) is 5.91 Å². The highest BCUT2D eigenvalue weighted by Gasteiger charge is 2.06. The van der Waals surface area contributed by atoms with E-state index >= 15 is 0 Å². The molecule has 1 amide bonds. The summed E-state index contributed by atoms with van der Waals surface area (Å²) in [7, 11) is 0.